The first kappa shape index (κ1) is 20.9. The third-order valence-corrected chi connectivity index (χ3v) is 5.22. The molecule has 1 atom stereocenters. The van der Waals surface area contributed by atoms with Gasteiger partial charge in [0.15, 0.2) is 0 Å². The van der Waals surface area contributed by atoms with Gasteiger partial charge >= 0.3 is 0 Å². The number of aryl methyl sites for hydroxylation is 1. The van der Waals surface area contributed by atoms with E-state index in [-0.39, 0.29) is 11.9 Å². The van der Waals surface area contributed by atoms with E-state index in [1.807, 2.05) is 55.5 Å². The minimum atomic E-state index is -0.259. The Hall–Kier alpha value is -3.38. The second-order valence-electron chi connectivity index (χ2n) is 7.20. The van der Waals surface area contributed by atoms with Gasteiger partial charge in [0.1, 0.15) is 11.6 Å². The van der Waals surface area contributed by atoms with Crippen LogP contribution in [-0.4, -0.2) is 27.0 Å². The average Bonchev–Trinajstić information content (AvgIpc) is 3.17. The van der Waals surface area contributed by atoms with Gasteiger partial charge in [0.05, 0.1) is 23.7 Å². The highest BCUT2D eigenvalue weighted by atomic mass is 35.5. The number of para-hydroxylation sites is 2. The van der Waals surface area contributed by atoms with E-state index in [0.29, 0.717) is 17.2 Å². The number of hydrogen-bond acceptors (Lipinski definition) is 4. The van der Waals surface area contributed by atoms with Crippen LogP contribution in [0, 0.1) is 0 Å². The predicted molar refractivity (Wildman–Crippen MR) is 121 cm³/mol. The summed E-state index contributed by atoms with van der Waals surface area (Å²) in [4.78, 5) is 21.3. The van der Waals surface area contributed by atoms with Crippen LogP contribution in [0.25, 0.3) is 11.0 Å². The number of fused-ring (bicyclic) bond motifs is 1. The number of aromatic nitrogens is 3. The van der Waals surface area contributed by atoms with Crippen molar-refractivity contribution in [1.29, 1.82) is 0 Å². The smallest absolute Gasteiger partial charge is 0.251 e. The Kier molecular flexibility index (Phi) is 6.48. The molecule has 0 aliphatic carbocycles. The number of nitrogens with zero attached hydrogens (tertiary/aromatic N) is 3. The van der Waals surface area contributed by atoms with Gasteiger partial charge in [-0.1, -0.05) is 23.7 Å². The van der Waals surface area contributed by atoms with E-state index in [0.717, 1.165) is 35.6 Å². The summed E-state index contributed by atoms with van der Waals surface area (Å²) in [5.41, 5.74) is 2.51. The summed E-state index contributed by atoms with van der Waals surface area (Å²) in [5.74, 6) is 1.45. The molecule has 4 aromatic rings. The molecule has 2 aromatic carbocycles. The highest BCUT2D eigenvalue weighted by Crippen LogP contribution is 2.22. The third-order valence-electron chi connectivity index (χ3n) is 4.97. The monoisotopic (exact) mass is 434 g/mol. The lowest BCUT2D eigenvalue weighted by molar-refractivity contribution is 0.0937. The predicted octanol–water partition coefficient (Wildman–Crippen LogP) is 5.04. The summed E-state index contributed by atoms with van der Waals surface area (Å²) in [6, 6.07) is 18.5. The molecule has 0 fully saturated rings. The maximum Gasteiger partial charge on any atom is 0.251 e. The van der Waals surface area contributed by atoms with Crippen LogP contribution in [0.1, 0.15) is 35.6 Å². The molecule has 0 radical (unpaired) electrons. The van der Waals surface area contributed by atoms with E-state index < -0.39 is 0 Å². The second-order valence-corrected chi connectivity index (χ2v) is 7.63. The van der Waals surface area contributed by atoms with Gasteiger partial charge in [-0.25, -0.2) is 4.98 Å². The standard InChI is InChI=1S/C24H23ClN4O2/c1-17(27-24(30)18-11-13-26-14-12-18)23-28-21-5-2-3-6-22(21)29(23)15-4-16-31-20-9-7-19(25)8-10-20/h2-3,5-14,17H,4,15-16H2,1H3,(H,27,30). The number of benzene rings is 2. The summed E-state index contributed by atoms with van der Waals surface area (Å²) in [6.45, 7) is 3.23. The highest BCUT2D eigenvalue weighted by molar-refractivity contribution is 6.30. The zero-order chi connectivity index (χ0) is 21.6. The summed E-state index contributed by atoms with van der Waals surface area (Å²) in [6.07, 6.45) is 4.01. The molecule has 4 rings (SSSR count). The second kappa shape index (κ2) is 9.62. The maximum atomic E-state index is 12.6. The number of nitrogens with one attached hydrogen (secondary N) is 1. The van der Waals surface area contributed by atoms with Crippen LogP contribution in [0.3, 0.4) is 0 Å². The van der Waals surface area contributed by atoms with E-state index in [9.17, 15) is 4.79 Å². The molecule has 0 saturated heterocycles. The summed E-state index contributed by atoms with van der Waals surface area (Å²) >= 11 is 5.92. The number of hydrogen-bond donors (Lipinski definition) is 1. The number of carbonyl (C=O) groups is 1. The lowest BCUT2D eigenvalue weighted by Crippen LogP contribution is -2.28. The van der Waals surface area contributed by atoms with Crippen molar-refractivity contribution in [2.24, 2.45) is 0 Å². The summed E-state index contributed by atoms with van der Waals surface area (Å²) in [7, 11) is 0. The fraction of sp³-hybridized carbons (Fsp3) is 0.208. The molecule has 7 heteroatoms. The van der Waals surface area contributed by atoms with Crippen molar-refractivity contribution in [2.45, 2.75) is 25.9 Å². The molecule has 1 N–H and O–H groups in total. The number of pyridine rings is 1. The molecule has 158 valence electrons. The third kappa shape index (κ3) is 5.03. The first-order valence-corrected chi connectivity index (χ1v) is 10.5. The largest absolute Gasteiger partial charge is 0.494 e. The molecule has 6 nitrogen and oxygen atoms in total. The van der Waals surface area contributed by atoms with E-state index in [2.05, 4.69) is 14.9 Å². The van der Waals surface area contributed by atoms with Crippen molar-refractivity contribution in [2.75, 3.05) is 6.61 Å². The quantitative estimate of drug-likeness (QED) is 0.394. The zero-order valence-corrected chi connectivity index (χ0v) is 17.9. The van der Waals surface area contributed by atoms with Crippen LogP contribution in [0.2, 0.25) is 5.02 Å². The van der Waals surface area contributed by atoms with Crippen LogP contribution >= 0.6 is 11.6 Å². The van der Waals surface area contributed by atoms with Gasteiger partial charge in [-0.3, -0.25) is 9.78 Å². The van der Waals surface area contributed by atoms with E-state index >= 15 is 0 Å². The fourth-order valence-corrected chi connectivity index (χ4v) is 3.58. The average molecular weight is 435 g/mol. The molecule has 2 heterocycles. The Morgan fingerprint density at radius 3 is 2.61 bits per heavy atom. The van der Waals surface area contributed by atoms with Crippen molar-refractivity contribution >= 4 is 28.5 Å². The minimum absolute atomic E-state index is 0.153. The van der Waals surface area contributed by atoms with Crippen LogP contribution in [0.15, 0.2) is 73.1 Å². The molecule has 0 aliphatic heterocycles. The number of carbonyl (C=O) groups excluding carboxylic acids is 1. The Labute approximate surface area is 185 Å². The normalized spacial score (nSPS) is 11.9. The van der Waals surface area contributed by atoms with E-state index in [4.69, 9.17) is 21.3 Å². The first-order chi connectivity index (χ1) is 15.1. The first-order valence-electron chi connectivity index (χ1n) is 10.2. The maximum absolute atomic E-state index is 12.6. The Morgan fingerprint density at radius 1 is 1.10 bits per heavy atom. The van der Waals surface area contributed by atoms with Gasteiger partial charge in [0.2, 0.25) is 0 Å². The van der Waals surface area contributed by atoms with E-state index in [1.165, 1.54) is 0 Å². The molecular weight excluding hydrogens is 412 g/mol. The molecule has 0 bridgehead atoms. The van der Waals surface area contributed by atoms with Crippen LogP contribution < -0.4 is 10.1 Å². The molecular formula is C24H23ClN4O2. The van der Waals surface area contributed by atoms with Crippen molar-refractivity contribution in [1.82, 2.24) is 19.9 Å². The Bertz CT molecular complexity index is 1160. The van der Waals surface area contributed by atoms with Gasteiger partial charge in [-0.2, -0.15) is 0 Å². The van der Waals surface area contributed by atoms with E-state index in [1.54, 1.807) is 24.5 Å². The molecule has 2 aromatic heterocycles. The van der Waals surface area contributed by atoms with Crippen molar-refractivity contribution in [3.8, 4) is 5.75 Å². The van der Waals surface area contributed by atoms with Crippen molar-refractivity contribution in [3.63, 3.8) is 0 Å². The minimum Gasteiger partial charge on any atom is -0.494 e. The molecule has 1 amide bonds. The van der Waals surface area contributed by atoms with Crippen LogP contribution in [0.5, 0.6) is 5.75 Å². The SMILES string of the molecule is CC(NC(=O)c1ccncc1)c1nc2ccccc2n1CCCOc1ccc(Cl)cc1. The van der Waals surface area contributed by atoms with Crippen molar-refractivity contribution in [3.05, 3.63) is 89.5 Å². The molecule has 1 unspecified atom stereocenters. The Morgan fingerprint density at radius 2 is 1.84 bits per heavy atom. The van der Waals surface area contributed by atoms with Gasteiger partial charge in [-0.15, -0.1) is 0 Å². The topological polar surface area (TPSA) is 69.0 Å². The van der Waals surface area contributed by atoms with Crippen LogP contribution in [0.4, 0.5) is 0 Å². The number of ether oxygens (including phenoxy) is 1. The lowest BCUT2D eigenvalue weighted by Gasteiger charge is -2.16. The summed E-state index contributed by atoms with van der Waals surface area (Å²) in [5, 5.41) is 3.73. The lowest BCUT2D eigenvalue weighted by atomic mass is 10.2. The number of amides is 1. The zero-order valence-electron chi connectivity index (χ0n) is 17.2. The molecule has 0 saturated carbocycles. The van der Waals surface area contributed by atoms with Crippen molar-refractivity contribution < 1.29 is 9.53 Å². The molecule has 31 heavy (non-hydrogen) atoms. The summed E-state index contributed by atoms with van der Waals surface area (Å²) < 4.78 is 7.98. The number of halogens is 1. The molecule has 0 aliphatic rings. The number of imidazole rings is 1. The number of rotatable bonds is 8. The van der Waals surface area contributed by atoms with Gasteiger partial charge in [0.25, 0.3) is 5.91 Å². The molecule has 0 spiro atoms. The fourth-order valence-electron chi connectivity index (χ4n) is 3.45. The van der Waals surface area contributed by atoms with Gasteiger partial charge in [0, 0.05) is 29.5 Å². The highest BCUT2D eigenvalue weighted by Gasteiger charge is 2.19. The van der Waals surface area contributed by atoms with Gasteiger partial charge in [-0.05, 0) is 61.9 Å². The van der Waals surface area contributed by atoms with Gasteiger partial charge < -0.3 is 14.6 Å². The van der Waals surface area contributed by atoms with Crippen LogP contribution in [-0.2, 0) is 6.54 Å². The Balaban J connectivity index is 1.47.